The van der Waals surface area contributed by atoms with Crippen molar-refractivity contribution < 1.29 is 24.3 Å². The Kier molecular flexibility index (Phi) is 4.48. The summed E-state index contributed by atoms with van der Waals surface area (Å²) in [5.41, 5.74) is -1.99. The summed E-state index contributed by atoms with van der Waals surface area (Å²) >= 11 is 0. The molecule has 1 aromatic heterocycles. The van der Waals surface area contributed by atoms with E-state index < -0.39 is 39.9 Å². The zero-order chi connectivity index (χ0) is 19.9. The van der Waals surface area contributed by atoms with Crippen LogP contribution in [0.25, 0.3) is 0 Å². The highest BCUT2D eigenvalue weighted by molar-refractivity contribution is 5.89. The van der Waals surface area contributed by atoms with Gasteiger partial charge in [-0.3, -0.25) is 19.5 Å². The lowest BCUT2D eigenvalue weighted by atomic mass is 9.85. The molecular weight excluding hydrogens is 356 g/mol. The number of carbonyl (C=O) groups excluding carboxylic acids is 1. The summed E-state index contributed by atoms with van der Waals surface area (Å²) in [6, 6.07) is 5.98. The minimum absolute atomic E-state index is 0.204. The SMILES string of the molecule is COC(=O)c1ccc2c(c1)C(n1cccc([N+](=O)[O-])c1=O)C(O)C(C)(C)O2. The van der Waals surface area contributed by atoms with Crippen LogP contribution in [0.3, 0.4) is 0 Å². The third kappa shape index (κ3) is 3.06. The maximum absolute atomic E-state index is 12.6. The number of nitro groups is 1. The maximum atomic E-state index is 12.6. The molecule has 27 heavy (non-hydrogen) atoms. The molecule has 0 saturated carbocycles. The van der Waals surface area contributed by atoms with Crippen molar-refractivity contribution in [2.45, 2.75) is 31.6 Å². The van der Waals surface area contributed by atoms with E-state index in [-0.39, 0.29) is 5.56 Å². The molecule has 0 amide bonds. The van der Waals surface area contributed by atoms with Crippen LogP contribution < -0.4 is 10.3 Å². The Bertz CT molecular complexity index is 980. The fourth-order valence-electron chi connectivity index (χ4n) is 3.17. The lowest BCUT2D eigenvalue weighted by Gasteiger charge is -2.42. The molecular formula is C18H18N2O7. The highest BCUT2D eigenvalue weighted by atomic mass is 16.6. The van der Waals surface area contributed by atoms with Gasteiger partial charge in [0.25, 0.3) is 0 Å². The quantitative estimate of drug-likeness (QED) is 0.493. The minimum Gasteiger partial charge on any atom is -0.485 e. The molecule has 0 radical (unpaired) electrons. The van der Waals surface area contributed by atoms with Gasteiger partial charge in [-0.25, -0.2) is 4.79 Å². The van der Waals surface area contributed by atoms with E-state index in [9.17, 15) is 24.8 Å². The van der Waals surface area contributed by atoms with Crippen molar-refractivity contribution in [3.05, 3.63) is 68.1 Å². The number of aliphatic hydroxyl groups is 1. The molecule has 9 heteroatoms. The second-order valence-corrected chi connectivity index (χ2v) is 6.70. The number of benzene rings is 1. The van der Waals surface area contributed by atoms with Crippen molar-refractivity contribution in [2.75, 3.05) is 7.11 Å². The lowest BCUT2D eigenvalue weighted by Crippen LogP contribution is -2.52. The molecule has 2 heterocycles. The third-order valence-corrected chi connectivity index (χ3v) is 4.58. The molecule has 0 saturated heterocycles. The summed E-state index contributed by atoms with van der Waals surface area (Å²) in [6.07, 6.45) is 0.150. The summed E-state index contributed by atoms with van der Waals surface area (Å²) in [6.45, 7) is 3.29. The molecule has 2 atom stereocenters. The van der Waals surface area contributed by atoms with Crippen LogP contribution in [0.2, 0.25) is 0 Å². The monoisotopic (exact) mass is 374 g/mol. The average molecular weight is 374 g/mol. The first-order chi connectivity index (χ1) is 12.7. The first-order valence-corrected chi connectivity index (χ1v) is 8.12. The van der Waals surface area contributed by atoms with Crippen molar-refractivity contribution in [3.63, 3.8) is 0 Å². The van der Waals surface area contributed by atoms with Gasteiger partial charge in [-0.2, -0.15) is 0 Å². The van der Waals surface area contributed by atoms with E-state index in [1.807, 2.05) is 0 Å². The van der Waals surface area contributed by atoms with E-state index >= 15 is 0 Å². The average Bonchev–Trinajstić information content (AvgIpc) is 2.62. The molecule has 1 N–H and O–H groups in total. The summed E-state index contributed by atoms with van der Waals surface area (Å²) in [5.74, 6) is -0.233. The summed E-state index contributed by atoms with van der Waals surface area (Å²) in [5, 5.41) is 22.0. The van der Waals surface area contributed by atoms with Crippen LogP contribution in [0.1, 0.15) is 35.8 Å². The van der Waals surface area contributed by atoms with Gasteiger partial charge >= 0.3 is 17.2 Å². The molecule has 2 aromatic rings. The van der Waals surface area contributed by atoms with Gasteiger partial charge < -0.3 is 14.6 Å². The van der Waals surface area contributed by atoms with E-state index in [0.29, 0.717) is 11.3 Å². The standard InChI is InChI=1S/C18H18N2O7/c1-18(2)15(21)14(19-8-4-5-12(16(19)22)20(24)25)11-9-10(17(23)26-3)6-7-13(11)27-18/h4-9,14-15,21H,1-3H3. The summed E-state index contributed by atoms with van der Waals surface area (Å²) in [7, 11) is 1.23. The minimum atomic E-state index is -1.21. The van der Waals surface area contributed by atoms with Crippen molar-refractivity contribution in [1.29, 1.82) is 0 Å². The van der Waals surface area contributed by atoms with Gasteiger partial charge in [0.1, 0.15) is 17.5 Å². The number of fused-ring (bicyclic) bond motifs is 1. The fourth-order valence-corrected chi connectivity index (χ4v) is 3.17. The second kappa shape index (κ2) is 6.51. The number of carbonyl (C=O) groups is 1. The molecule has 0 fully saturated rings. The Labute approximate surface area is 153 Å². The van der Waals surface area contributed by atoms with Crippen LogP contribution in [0.4, 0.5) is 5.69 Å². The molecule has 0 spiro atoms. The van der Waals surface area contributed by atoms with Gasteiger partial charge in [0.05, 0.1) is 23.6 Å². The number of aromatic nitrogens is 1. The predicted molar refractivity (Wildman–Crippen MR) is 94.0 cm³/mol. The van der Waals surface area contributed by atoms with E-state index in [0.717, 1.165) is 10.6 Å². The van der Waals surface area contributed by atoms with Crippen molar-refractivity contribution >= 4 is 11.7 Å². The van der Waals surface area contributed by atoms with Gasteiger partial charge in [0.15, 0.2) is 0 Å². The number of pyridine rings is 1. The normalized spacial score (nSPS) is 20.3. The molecule has 1 aromatic carbocycles. The first kappa shape index (κ1) is 18.6. The Morgan fingerprint density at radius 2 is 2.07 bits per heavy atom. The summed E-state index contributed by atoms with van der Waals surface area (Å²) in [4.78, 5) is 34.9. The van der Waals surface area contributed by atoms with Crippen LogP contribution in [-0.2, 0) is 4.74 Å². The van der Waals surface area contributed by atoms with Gasteiger partial charge in [-0.1, -0.05) is 0 Å². The van der Waals surface area contributed by atoms with E-state index in [2.05, 4.69) is 0 Å². The second-order valence-electron chi connectivity index (χ2n) is 6.70. The summed E-state index contributed by atoms with van der Waals surface area (Å²) < 4.78 is 11.6. The topological polar surface area (TPSA) is 121 Å². The number of hydrogen-bond donors (Lipinski definition) is 1. The van der Waals surface area contributed by atoms with Gasteiger partial charge in [-0.15, -0.1) is 0 Å². The van der Waals surface area contributed by atoms with E-state index in [4.69, 9.17) is 9.47 Å². The first-order valence-electron chi connectivity index (χ1n) is 8.12. The van der Waals surface area contributed by atoms with Crippen LogP contribution in [0, 0.1) is 10.1 Å². The zero-order valence-corrected chi connectivity index (χ0v) is 14.9. The zero-order valence-electron chi connectivity index (χ0n) is 14.9. The number of methoxy groups -OCH3 is 1. The highest BCUT2D eigenvalue weighted by Gasteiger charge is 2.44. The predicted octanol–water partition coefficient (Wildman–Crippen LogP) is 1.66. The molecule has 0 aliphatic carbocycles. The van der Waals surface area contributed by atoms with Gasteiger partial charge in [0.2, 0.25) is 0 Å². The van der Waals surface area contributed by atoms with Gasteiger partial charge in [-0.05, 0) is 38.1 Å². The molecule has 2 unspecified atom stereocenters. The lowest BCUT2D eigenvalue weighted by molar-refractivity contribution is -0.386. The molecule has 3 rings (SSSR count). The van der Waals surface area contributed by atoms with Crippen LogP contribution in [0.5, 0.6) is 5.75 Å². The number of esters is 1. The number of hydrogen-bond acceptors (Lipinski definition) is 7. The fraction of sp³-hybridized carbons (Fsp3) is 0.333. The van der Waals surface area contributed by atoms with E-state index in [1.165, 1.54) is 31.5 Å². The smallest absolute Gasteiger partial charge is 0.337 e. The molecule has 1 aliphatic rings. The number of ether oxygens (including phenoxy) is 2. The van der Waals surface area contributed by atoms with E-state index in [1.54, 1.807) is 19.9 Å². The highest BCUT2D eigenvalue weighted by Crippen LogP contribution is 2.42. The Hall–Kier alpha value is -3.20. The molecule has 9 nitrogen and oxygen atoms in total. The number of nitrogens with zero attached hydrogens (tertiary/aromatic N) is 2. The Balaban J connectivity index is 2.26. The number of rotatable bonds is 3. The van der Waals surface area contributed by atoms with Crippen molar-refractivity contribution in [2.24, 2.45) is 0 Å². The third-order valence-electron chi connectivity index (χ3n) is 4.58. The van der Waals surface area contributed by atoms with Crippen molar-refractivity contribution in [1.82, 2.24) is 4.57 Å². The van der Waals surface area contributed by atoms with Crippen LogP contribution in [0.15, 0.2) is 41.3 Å². The number of aliphatic hydroxyl groups excluding tert-OH is 1. The Morgan fingerprint density at radius 3 is 2.70 bits per heavy atom. The van der Waals surface area contributed by atoms with Crippen LogP contribution in [-0.4, -0.2) is 39.4 Å². The largest absolute Gasteiger partial charge is 0.485 e. The van der Waals surface area contributed by atoms with Gasteiger partial charge in [0, 0.05) is 17.8 Å². The molecule has 142 valence electrons. The molecule has 0 bridgehead atoms. The Morgan fingerprint density at radius 1 is 1.37 bits per heavy atom. The van der Waals surface area contributed by atoms with Crippen molar-refractivity contribution in [3.8, 4) is 5.75 Å². The van der Waals surface area contributed by atoms with Crippen LogP contribution >= 0.6 is 0 Å². The molecule has 1 aliphatic heterocycles. The maximum Gasteiger partial charge on any atom is 0.337 e.